The van der Waals surface area contributed by atoms with Crippen molar-refractivity contribution in [2.24, 2.45) is 0 Å². The van der Waals surface area contributed by atoms with Crippen LogP contribution in [0.15, 0.2) is 18.2 Å². The van der Waals surface area contributed by atoms with E-state index in [-0.39, 0.29) is 18.5 Å². The van der Waals surface area contributed by atoms with Crippen LogP contribution in [0.5, 0.6) is 0 Å². The van der Waals surface area contributed by atoms with Crippen LogP contribution >= 0.6 is 0 Å². The lowest BCUT2D eigenvalue weighted by Gasteiger charge is -2.37. The molecule has 1 N–H and O–H groups in total. The van der Waals surface area contributed by atoms with Gasteiger partial charge in [-0.1, -0.05) is 6.07 Å². The Hall–Kier alpha value is -1.93. The minimum Gasteiger partial charge on any atom is -0.480 e. The lowest BCUT2D eigenvalue weighted by Crippen LogP contribution is -2.50. The molecular formula is C19H26N2O5S. The van der Waals surface area contributed by atoms with Crippen molar-refractivity contribution in [3.8, 4) is 0 Å². The van der Waals surface area contributed by atoms with Crippen molar-refractivity contribution >= 4 is 21.9 Å². The Morgan fingerprint density at radius 3 is 2.37 bits per heavy atom. The lowest BCUT2D eigenvalue weighted by atomic mass is 9.90. The molecular weight excluding hydrogens is 368 g/mol. The van der Waals surface area contributed by atoms with E-state index in [9.17, 15) is 23.1 Å². The van der Waals surface area contributed by atoms with Gasteiger partial charge in [0, 0.05) is 24.7 Å². The van der Waals surface area contributed by atoms with Gasteiger partial charge in [0.25, 0.3) is 5.91 Å². The van der Waals surface area contributed by atoms with E-state index < -0.39 is 16.0 Å². The number of fused-ring (bicyclic) bond motifs is 1. The van der Waals surface area contributed by atoms with Crippen LogP contribution in [0, 0.1) is 0 Å². The highest BCUT2D eigenvalue weighted by molar-refractivity contribution is 7.88. The number of carbonyl (C=O) groups is 2. The van der Waals surface area contributed by atoms with Crippen molar-refractivity contribution in [1.82, 2.24) is 9.21 Å². The molecule has 0 spiro atoms. The summed E-state index contributed by atoms with van der Waals surface area (Å²) >= 11 is 0. The Kier molecular flexibility index (Phi) is 5.86. The fourth-order valence-electron chi connectivity index (χ4n) is 4.03. The van der Waals surface area contributed by atoms with Crippen molar-refractivity contribution in [3.05, 3.63) is 34.9 Å². The fraction of sp³-hybridized carbons (Fsp3) is 0.579. The first-order chi connectivity index (χ1) is 12.8. The van der Waals surface area contributed by atoms with Crippen molar-refractivity contribution < 1.29 is 23.1 Å². The Balaban J connectivity index is 1.78. The molecule has 0 aromatic heterocycles. The first-order valence-electron chi connectivity index (χ1n) is 9.35. The summed E-state index contributed by atoms with van der Waals surface area (Å²) in [5, 5.41) is 9.28. The zero-order valence-electron chi connectivity index (χ0n) is 15.6. The number of hydrogen-bond acceptors (Lipinski definition) is 4. The number of rotatable bonds is 5. The summed E-state index contributed by atoms with van der Waals surface area (Å²) in [4.78, 5) is 25.8. The van der Waals surface area contributed by atoms with Crippen LogP contribution < -0.4 is 0 Å². The van der Waals surface area contributed by atoms with Crippen molar-refractivity contribution in [2.75, 3.05) is 25.9 Å². The number of amides is 1. The van der Waals surface area contributed by atoms with Gasteiger partial charge in [0.2, 0.25) is 10.0 Å². The number of carboxylic acid groups (broad SMARTS) is 1. The quantitative estimate of drug-likeness (QED) is 0.817. The highest BCUT2D eigenvalue weighted by Gasteiger charge is 2.32. The molecule has 1 fully saturated rings. The predicted octanol–water partition coefficient (Wildman–Crippen LogP) is 1.52. The summed E-state index contributed by atoms with van der Waals surface area (Å²) in [5.74, 6) is -1.35. The van der Waals surface area contributed by atoms with Gasteiger partial charge in [0.05, 0.1) is 6.26 Å². The fourth-order valence-corrected chi connectivity index (χ4v) is 4.90. The van der Waals surface area contributed by atoms with E-state index in [4.69, 9.17) is 0 Å². The summed E-state index contributed by atoms with van der Waals surface area (Å²) in [6.45, 7) is 0.230. The maximum absolute atomic E-state index is 13.1. The van der Waals surface area contributed by atoms with Gasteiger partial charge in [-0.3, -0.25) is 9.59 Å². The number of carboxylic acids is 1. The van der Waals surface area contributed by atoms with E-state index >= 15 is 0 Å². The minimum absolute atomic E-state index is 0.275. The largest absolute Gasteiger partial charge is 0.480 e. The average Bonchev–Trinajstić information content (AvgIpc) is 2.64. The Labute approximate surface area is 160 Å². The van der Waals surface area contributed by atoms with Crippen LogP contribution in [0.1, 0.15) is 47.2 Å². The molecule has 7 nitrogen and oxygen atoms in total. The molecule has 1 heterocycles. The van der Waals surface area contributed by atoms with E-state index in [2.05, 4.69) is 0 Å². The Bertz CT molecular complexity index is 829. The maximum atomic E-state index is 13.1. The standard InChI is InChI=1S/C19H26N2O5S/c1-27(25,26)20-10-8-17(9-11-20)21(13-18(22)23)19(24)16-7-6-14-4-2-3-5-15(14)12-16/h6-7,12,17H,2-5,8-11,13H2,1H3,(H,22,23). The molecule has 1 aromatic carbocycles. The second-order valence-electron chi connectivity index (χ2n) is 7.41. The molecule has 0 atom stereocenters. The predicted molar refractivity (Wildman–Crippen MR) is 101 cm³/mol. The third kappa shape index (κ3) is 4.68. The molecule has 0 saturated carbocycles. The van der Waals surface area contributed by atoms with Gasteiger partial charge in [-0.2, -0.15) is 0 Å². The normalized spacial score (nSPS) is 18.7. The van der Waals surface area contributed by atoms with Gasteiger partial charge in [-0.25, -0.2) is 12.7 Å². The molecule has 3 rings (SSSR count). The number of aryl methyl sites for hydroxylation is 2. The number of piperidine rings is 1. The smallest absolute Gasteiger partial charge is 0.323 e. The summed E-state index contributed by atoms with van der Waals surface area (Å²) < 4.78 is 24.7. The molecule has 0 radical (unpaired) electrons. The maximum Gasteiger partial charge on any atom is 0.323 e. The number of sulfonamides is 1. The second kappa shape index (κ2) is 7.98. The molecule has 1 aromatic rings. The molecule has 1 saturated heterocycles. The van der Waals surface area contributed by atoms with Gasteiger partial charge in [-0.05, 0) is 61.8 Å². The summed E-state index contributed by atoms with van der Waals surface area (Å²) in [5.41, 5.74) is 2.96. The van der Waals surface area contributed by atoms with Crippen molar-refractivity contribution in [1.29, 1.82) is 0 Å². The summed E-state index contributed by atoms with van der Waals surface area (Å²) in [7, 11) is -3.27. The van der Waals surface area contributed by atoms with Gasteiger partial charge in [-0.15, -0.1) is 0 Å². The Morgan fingerprint density at radius 2 is 1.78 bits per heavy atom. The van der Waals surface area contributed by atoms with E-state index in [1.165, 1.54) is 26.6 Å². The highest BCUT2D eigenvalue weighted by Crippen LogP contribution is 2.25. The minimum atomic E-state index is -3.27. The van der Waals surface area contributed by atoms with E-state index in [0.29, 0.717) is 31.5 Å². The summed E-state index contributed by atoms with van der Waals surface area (Å²) in [6, 6.07) is 5.39. The number of aliphatic carboxylic acids is 1. The SMILES string of the molecule is CS(=O)(=O)N1CCC(N(CC(=O)O)C(=O)c2ccc3c(c2)CCCC3)CC1. The van der Waals surface area contributed by atoms with Crippen LogP contribution in [-0.2, 0) is 27.7 Å². The number of hydrogen-bond donors (Lipinski definition) is 1. The van der Waals surface area contributed by atoms with Gasteiger partial charge in [0.15, 0.2) is 0 Å². The molecule has 148 valence electrons. The molecule has 27 heavy (non-hydrogen) atoms. The molecule has 0 bridgehead atoms. The Morgan fingerprint density at radius 1 is 1.15 bits per heavy atom. The number of carbonyl (C=O) groups excluding carboxylic acids is 1. The summed E-state index contributed by atoms with van der Waals surface area (Å²) in [6.07, 6.45) is 6.28. The average molecular weight is 394 g/mol. The highest BCUT2D eigenvalue weighted by atomic mass is 32.2. The molecule has 0 unspecified atom stereocenters. The van der Waals surface area contributed by atoms with Crippen LogP contribution in [0.2, 0.25) is 0 Å². The molecule has 1 aliphatic heterocycles. The van der Waals surface area contributed by atoms with Crippen LogP contribution in [0.4, 0.5) is 0 Å². The van der Waals surface area contributed by atoms with Crippen LogP contribution in [0.3, 0.4) is 0 Å². The topological polar surface area (TPSA) is 95.0 Å². The van der Waals surface area contributed by atoms with Crippen molar-refractivity contribution in [2.45, 2.75) is 44.6 Å². The van der Waals surface area contributed by atoms with Gasteiger partial charge in [0.1, 0.15) is 6.54 Å². The van der Waals surface area contributed by atoms with Crippen LogP contribution in [0.25, 0.3) is 0 Å². The van der Waals surface area contributed by atoms with E-state index in [1.54, 1.807) is 6.07 Å². The first kappa shape index (κ1) is 19.8. The van der Waals surface area contributed by atoms with Crippen LogP contribution in [-0.4, -0.2) is 66.5 Å². The van der Waals surface area contributed by atoms with E-state index in [0.717, 1.165) is 25.7 Å². The molecule has 1 aliphatic carbocycles. The third-order valence-electron chi connectivity index (χ3n) is 5.50. The molecule has 1 amide bonds. The molecule has 8 heteroatoms. The second-order valence-corrected chi connectivity index (χ2v) is 9.39. The monoisotopic (exact) mass is 394 g/mol. The third-order valence-corrected chi connectivity index (χ3v) is 6.80. The zero-order chi connectivity index (χ0) is 19.6. The lowest BCUT2D eigenvalue weighted by molar-refractivity contribution is -0.138. The number of benzene rings is 1. The number of nitrogens with zero attached hydrogens (tertiary/aromatic N) is 2. The zero-order valence-corrected chi connectivity index (χ0v) is 16.4. The van der Waals surface area contributed by atoms with E-state index in [1.807, 2.05) is 12.1 Å². The van der Waals surface area contributed by atoms with Gasteiger partial charge < -0.3 is 10.0 Å². The molecule has 2 aliphatic rings. The van der Waals surface area contributed by atoms with Crippen molar-refractivity contribution in [3.63, 3.8) is 0 Å². The first-order valence-corrected chi connectivity index (χ1v) is 11.2. The van der Waals surface area contributed by atoms with Gasteiger partial charge >= 0.3 is 5.97 Å².